The highest BCUT2D eigenvalue weighted by molar-refractivity contribution is 7.98. The minimum absolute atomic E-state index is 0.00578. The Morgan fingerprint density at radius 2 is 2.19 bits per heavy atom. The van der Waals surface area contributed by atoms with Crippen LogP contribution in [0.15, 0.2) is 52.1 Å². The van der Waals surface area contributed by atoms with Crippen LogP contribution in [0.5, 0.6) is 0 Å². The van der Waals surface area contributed by atoms with Crippen LogP contribution in [0.3, 0.4) is 0 Å². The fraction of sp³-hybridized carbons (Fsp3) is 0.350. The van der Waals surface area contributed by atoms with E-state index >= 15 is 0 Å². The molecule has 0 aliphatic rings. The summed E-state index contributed by atoms with van der Waals surface area (Å²) in [4.78, 5) is 28.8. The number of benzene rings is 1. The topological polar surface area (TPSA) is 77.1 Å². The molecule has 0 radical (unpaired) electrons. The number of hydrogen-bond acceptors (Lipinski definition) is 5. The van der Waals surface area contributed by atoms with Gasteiger partial charge in [-0.05, 0) is 37.1 Å². The number of amides is 1. The van der Waals surface area contributed by atoms with Crippen molar-refractivity contribution in [1.29, 1.82) is 0 Å². The predicted molar refractivity (Wildman–Crippen MR) is 108 cm³/mol. The standard InChI is InChI=1S/C20H23N3O3S/c1-15-5-2-7-17-19(15)22-14-23(20(17)25)10-3-8-18(24)21-9-12-27-13-16-6-4-11-26-16/h2,4-7,11,14H,3,8-10,12-13H2,1H3,(H,21,24). The van der Waals surface area contributed by atoms with Crippen molar-refractivity contribution in [3.05, 3.63) is 64.6 Å². The molecule has 0 fully saturated rings. The first-order valence-corrected chi connectivity index (χ1v) is 10.1. The van der Waals surface area contributed by atoms with Crippen LogP contribution in [0.25, 0.3) is 10.9 Å². The van der Waals surface area contributed by atoms with Crippen molar-refractivity contribution in [3.63, 3.8) is 0 Å². The largest absolute Gasteiger partial charge is 0.468 e. The van der Waals surface area contributed by atoms with E-state index in [0.29, 0.717) is 31.3 Å². The summed E-state index contributed by atoms with van der Waals surface area (Å²) in [6.07, 6.45) is 4.22. The molecule has 6 nitrogen and oxygen atoms in total. The van der Waals surface area contributed by atoms with Gasteiger partial charge in [0.15, 0.2) is 0 Å². The number of carbonyl (C=O) groups excluding carboxylic acids is 1. The van der Waals surface area contributed by atoms with E-state index in [1.807, 2.05) is 31.2 Å². The molecule has 0 saturated heterocycles. The fourth-order valence-electron chi connectivity index (χ4n) is 2.83. The summed E-state index contributed by atoms with van der Waals surface area (Å²) in [6, 6.07) is 9.41. The molecule has 3 aromatic rings. The summed E-state index contributed by atoms with van der Waals surface area (Å²) in [6.45, 7) is 3.05. The lowest BCUT2D eigenvalue weighted by Crippen LogP contribution is -2.26. The van der Waals surface area contributed by atoms with Gasteiger partial charge in [-0.1, -0.05) is 12.1 Å². The van der Waals surface area contributed by atoms with Crippen molar-refractivity contribution in [2.24, 2.45) is 0 Å². The molecule has 1 amide bonds. The highest BCUT2D eigenvalue weighted by atomic mass is 32.2. The number of aromatic nitrogens is 2. The zero-order chi connectivity index (χ0) is 19.1. The predicted octanol–water partition coefficient (Wildman–Crippen LogP) is 3.13. The maximum absolute atomic E-state index is 12.5. The zero-order valence-corrected chi connectivity index (χ0v) is 16.1. The third kappa shape index (κ3) is 5.23. The van der Waals surface area contributed by atoms with E-state index in [4.69, 9.17) is 4.42 Å². The van der Waals surface area contributed by atoms with E-state index in [-0.39, 0.29) is 11.5 Å². The number of para-hydroxylation sites is 1. The Hall–Kier alpha value is -2.54. The second-order valence-electron chi connectivity index (χ2n) is 6.30. The van der Waals surface area contributed by atoms with E-state index in [2.05, 4.69) is 10.3 Å². The van der Waals surface area contributed by atoms with E-state index in [0.717, 1.165) is 28.3 Å². The Morgan fingerprint density at radius 1 is 1.30 bits per heavy atom. The molecule has 0 spiro atoms. The van der Waals surface area contributed by atoms with Crippen molar-refractivity contribution >= 4 is 28.6 Å². The van der Waals surface area contributed by atoms with Crippen LogP contribution in [0.4, 0.5) is 0 Å². The van der Waals surface area contributed by atoms with E-state index in [1.165, 1.54) is 0 Å². The van der Waals surface area contributed by atoms with Crippen molar-refractivity contribution in [1.82, 2.24) is 14.9 Å². The summed E-state index contributed by atoms with van der Waals surface area (Å²) in [7, 11) is 0. The lowest BCUT2D eigenvalue weighted by molar-refractivity contribution is -0.121. The van der Waals surface area contributed by atoms with Gasteiger partial charge < -0.3 is 9.73 Å². The summed E-state index contributed by atoms with van der Waals surface area (Å²) in [5, 5.41) is 3.53. The summed E-state index contributed by atoms with van der Waals surface area (Å²) >= 11 is 1.72. The van der Waals surface area contributed by atoms with Gasteiger partial charge in [-0.3, -0.25) is 14.2 Å². The molecule has 0 atom stereocenters. The van der Waals surface area contributed by atoms with Crippen molar-refractivity contribution < 1.29 is 9.21 Å². The maximum atomic E-state index is 12.5. The number of thioether (sulfide) groups is 1. The van der Waals surface area contributed by atoms with Gasteiger partial charge >= 0.3 is 0 Å². The third-order valence-corrected chi connectivity index (χ3v) is 5.23. The lowest BCUT2D eigenvalue weighted by atomic mass is 10.1. The van der Waals surface area contributed by atoms with Crippen LogP contribution in [0, 0.1) is 6.92 Å². The van der Waals surface area contributed by atoms with E-state index < -0.39 is 0 Å². The highest BCUT2D eigenvalue weighted by Crippen LogP contribution is 2.12. The molecule has 3 rings (SSSR count). The van der Waals surface area contributed by atoms with Crippen LogP contribution in [-0.4, -0.2) is 27.8 Å². The number of nitrogens with zero attached hydrogens (tertiary/aromatic N) is 2. The third-order valence-electron chi connectivity index (χ3n) is 4.25. The second kappa shape index (κ2) is 9.41. The van der Waals surface area contributed by atoms with Crippen molar-refractivity contribution in [3.8, 4) is 0 Å². The van der Waals surface area contributed by atoms with Crippen LogP contribution < -0.4 is 10.9 Å². The molecule has 0 aliphatic carbocycles. The highest BCUT2D eigenvalue weighted by Gasteiger charge is 2.07. The number of nitrogens with one attached hydrogen (secondary N) is 1. The van der Waals surface area contributed by atoms with Crippen LogP contribution in [0.2, 0.25) is 0 Å². The molecule has 0 saturated carbocycles. The Bertz CT molecular complexity index is 951. The van der Waals surface area contributed by atoms with E-state index in [1.54, 1.807) is 35.0 Å². The van der Waals surface area contributed by atoms with Gasteiger partial charge in [0.05, 0.1) is 29.2 Å². The van der Waals surface area contributed by atoms with Crippen LogP contribution in [0.1, 0.15) is 24.2 Å². The second-order valence-corrected chi connectivity index (χ2v) is 7.40. The van der Waals surface area contributed by atoms with Crippen LogP contribution >= 0.6 is 11.8 Å². The number of fused-ring (bicyclic) bond motifs is 1. The Morgan fingerprint density at radius 3 is 3.00 bits per heavy atom. The smallest absolute Gasteiger partial charge is 0.261 e. The van der Waals surface area contributed by atoms with Gasteiger partial charge in [-0.25, -0.2) is 4.98 Å². The molecule has 1 N–H and O–H groups in total. The molecule has 0 aliphatic heterocycles. The molecule has 2 aromatic heterocycles. The normalized spacial score (nSPS) is 11.0. The first-order chi connectivity index (χ1) is 13.1. The fourth-order valence-corrected chi connectivity index (χ4v) is 3.58. The summed E-state index contributed by atoms with van der Waals surface area (Å²) in [5.74, 6) is 2.59. The molecular formula is C20H23N3O3S. The van der Waals surface area contributed by atoms with Gasteiger partial charge in [0.25, 0.3) is 5.56 Å². The molecule has 0 unspecified atom stereocenters. The molecule has 142 valence electrons. The monoisotopic (exact) mass is 385 g/mol. The molecule has 2 heterocycles. The zero-order valence-electron chi connectivity index (χ0n) is 15.3. The SMILES string of the molecule is Cc1cccc2c(=O)n(CCCC(=O)NCCSCc3ccco3)cnc12. The average Bonchev–Trinajstić information content (AvgIpc) is 3.17. The first kappa shape index (κ1) is 19.2. The van der Waals surface area contributed by atoms with Gasteiger partial charge in [0, 0.05) is 25.3 Å². The van der Waals surface area contributed by atoms with Crippen LogP contribution in [-0.2, 0) is 17.1 Å². The van der Waals surface area contributed by atoms with Gasteiger partial charge in [-0.2, -0.15) is 11.8 Å². The Labute approximate surface area is 162 Å². The Kier molecular flexibility index (Phi) is 6.70. The van der Waals surface area contributed by atoms with Gasteiger partial charge in [0.2, 0.25) is 5.91 Å². The maximum Gasteiger partial charge on any atom is 0.261 e. The molecular weight excluding hydrogens is 362 g/mol. The quantitative estimate of drug-likeness (QED) is 0.573. The number of furan rings is 1. The number of aryl methyl sites for hydroxylation is 2. The first-order valence-electron chi connectivity index (χ1n) is 8.97. The van der Waals surface area contributed by atoms with Crippen molar-refractivity contribution in [2.75, 3.05) is 12.3 Å². The molecule has 27 heavy (non-hydrogen) atoms. The van der Waals surface area contributed by atoms with Gasteiger partial charge in [0.1, 0.15) is 5.76 Å². The van der Waals surface area contributed by atoms with Crippen molar-refractivity contribution in [2.45, 2.75) is 32.1 Å². The molecule has 0 bridgehead atoms. The van der Waals surface area contributed by atoms with E-state index in [9.17, 15) is 9.59 Å². The Balaban J connectivity index is 1.39. The number of hydrogen-bond donors (Lipinski definition) is 1. The minimum Gasteiger partial charge on any atom is -0.468 e. The average molecular weight is 385 g/mol. The van der Waals surface area contributed by atoms with Gasteiger partial charge in [-0.15, -0.1) is 0 Å². The molecule has 7 heteroatoms. The summed E-state index contributed by atoms with van der Waals surface area (Å²) in [5.41, 5.74) is 1.67. The number of carbonyl (C=O) groups is 1. The molecule has 1 aromatic carbocycles. The lowest BCUT2D eigenvalue weighted by Gasteiger charge is -2.08. The minimum atomic E-state index is -0.0570. The summed E-state index contributed by atoms with van der Waals surface area (Å²) < 4.78 is 6.84. The number of rotatable bonds is 9.